The highest BCUT2D eigenvalue weighted by Crippen LogP contribution is 2.15. The van der Waals surface area contributed by atoms with Crippen LogP contribution in [0.3, 0.4) is 0 Å². The number of piperazine rings is 1. The number of benzene rings is 1. The van der Waals surface area contributed by atoms with Crippen molar-refractivity contribution in [3.05, 3.63) is 35.4 Å². The van der Waals surface area contributed by atoms with E-state index in [0.717, 1.165) is 0 Å². The summed E-state index contributed by atoms with van der Waals surface area (Å²) in [5, 5.41) is 20.3. The van der Waals surface area contributed by atoms with E-state index in [2.05, 4.69) is 5.32 Å². The maximum absolute atomic E-state index is 12.4. The first-order chi connectivity index (χ1) is 10.0. The number of carbonyl (C=O) groups excluding carboxylic acids is 2. The van der Waals surface area contributed by atoms with Gasteiger partial charge >= 0.3 is 5.97 Å². The van der Waals surface area contributed by atoms with Crippen LogP contribution < -0.4 is 5.32 Å². The maximum atomic E-state index is 12.4. The molecule has 21 heavy (non-hydrogen) atoms. The summed E-state index contributed by atoms with van der Waals surface area (Å²) in [6, 6.07) is 6.99. The Morgan fingerprint density at radius 1 is 1.48 bits per heavy atom. The standard InChI is InChI=1S/C14H13N3O4/c15-8-9-2-1-3-10(6-9)14(21)17-5-4-16-13(20)11(17)7-12(18)19/h1-3,6,11H,4-5,7H2,(H,16,20)(H,18,19). The van der Waals surface area contributed by atoms with Gasteiger partial charge in [0.15, 0.2) is 0 Å². The van der Waals surface area contributed by atoms with Crippen molar-refractivity contribution in [2.75, 3.05) is 13.1 Å². The quantitative estimate of drug-likeness (QED) is 0.811. The maximum Gasteiger partial charge on any atom is 0.305 e. The van der Waals surface area contributed by atoms with E-state index < -0.39 is 30.2 Å². The molecule has 0 aromatic heterocycles. The summed E-state index contributed by atoms with van der Waals surface area (Å²) in [6.07, 6.45) is -0.449. The van der Waals surface area contributed by atoms with Gasteiger partial charge < -0.3 is 15.3 Å². The normalized spacial score (nSPS) is 17.8. The summed E-state index contributed by atoms with van der Waals surface area (Å²) >= 11 is 0. The molecule has 2 amide bonds. The first-order valence-electron chi connectivity index (χ1n) is 6.33. The zero-order chi connectivity index (χ0) is 15.4. The molecule has 1 saturated heterocycles. The van der Waals surface area contributed by atoms with E-state index in [1.807, 2.05) is 6.07 Å². The third-order valence-corrected chi connectivity index (χ3v) is 3.20. The molecule has 1 aliphatic rings. The van der Waals surface area contributed by atoms with Gasteiger partial charge in [-0.15, -0.1) is 0 Å². The van der Waals surface area contributed by atoms with Gasteiger partial charge in [-0.2, -0.15) is 5.26 Å². The third kappa shape index (κ3) is 3.17. The highest BCUT2D eigenvalue weighted by molar-refractivity contribution is 5.99. The zero-order valence-electron chi connectivity index (χ0n) is 11.1. The van der Waals surface area contributed by atoms with Gasteiger partial charge in [0.1, 0.15) is 6.04 Å². The van der Waals surface area contributed by atoms with Gasteiger partial charge in [-0.3, -0.25) is 14.4 Å². The Morgan fingerprint density at radius 3 is 2.90 bits per heavy atom. The number of carboxylic acids is 1. The number of aliphatic carboxylic acids is 1. The van der Waals surface area contributed by atoms with E-state index in [0.29, 0.717) is 5.56 Å². The fourth-order valence-corrected chi connectivity index (χ4v) is 2.21. The predicted molar refractivity (Wildman–Crippen MR) is 71.2 cm³/mol. The van der Waals surface area contributed by atoms with Gasteiger partial charge in [0.05, 0.1) is 18.1 Å². The van der Waals surface area contributed by atoms with Crippen molar-refractivity contribution in [3.63, 3.8) is 0 Å². The van der Waals surface area contributed by atoms with Crippen molar-refractivity contribution in [3.8, 4) is 6.07 Å². The van der Waals surface area contributed by atoms with E-state index in [-0.39, 0.29) is 18.7 Å². The van der Waals surface area contributed by atoms with Gasteiger partial charge in [0.25, 0.3) is 5.91 Å². The molecule has 1 fully saturated rings. The molecular formula is C14H13N3O4. The van der Waals surface area contributed by atoms with Crippen LogP contribution in [0.1, 0.15) is 22.3 Å². The molecule has 1 atom stereocenters. The third-order valence-electron chi connectivity index (χ3n) is 3.20. The lowest BCUT2D eigenvalue weighted by atomic mass is 10.1. The van der Waals surface area contributed by atoms with Crippen molar-refractivity contribution >= 4 is 17.8 Å². The van der Waals surface area contributed by atoms with Gasteiger partial charge in [0.2, 0.25) is 5.91 Å². The lowest BCUT2D eigenvalue weighted by molar-refractivity contribution is -0.142. The molecule has 0 saturated carbocycles. The largest absolute Gasteiger partial charge is 0.481 e. The number of nitriles is 1. The fraction of sp³-hybridized carbons (Fsp3) is 0.286. The minimum Gasteiger partial charge on any atom is -0.481 e. The molecule has 0 radical (unpaired) electrons. The van der Waals surface area contributed by atoms with Crippen LogP contribution in [0.2, 0.25) is 0 Å². The summed E-state index contributed by atoms with van der Waals surface area (Å²) in [6.45, 7) is 0.512. The van der Waals surface area contributed by atoms with Crippen molar-refractivity contribution in [2.24, 2.45) is 0 Å². The molecule has 1 aromatic rings. The van der Waals surface area contributed by atoms with Crippen molar-refractivity contribution in [1.82, 2.24) is 10.2 Å². The van der Waals surface area contributed by atoms with Crippen LogP contribution in [0.4, 0.5) is 0 Å². The number of hydrogen-bond acceptors (Lipinski definition) is 4. The summed E-state index contributed by atoms with van der Waals surface area (Å²) in [5.41, 5.74) is 0.594. The lowest BCUT2D eigenvalue weighted by Gasteiger charge is -2.34. The Kier molecular flexibility index (Phi) is 4.18. The number of carboxylic acid groups (broad SMARTS) is 1. The minimum absolute atomic E-state index is 0.235. The topological polar surface area (TPSA) is 111 Å². The van der Waals surface area contributed by atoms with Gasteiger partial charge in [0, 0.05) is 18.7 Å². The van der Waals surface area contributed by atoms with Crippen LogP contribution >= 0.6 is 0 Å². The second-order valence-corrected chi connectivity index (χ2v) is 4.60. The zero-order valence-corrected chi connectivity index (χ0v) is 11.1. The van der Waals surface area contributed by atoms with Crippen LogP contribution in [0.5, 0.6) is 0 Å². The lowest BCUT2D eigenvalue weighted by Crippen LogP contribution is -2.57. The number of nitrogens with zero attached hydrogens (tertiary/aromatic N) is 2. The van der Waals surface area contributed by atoms with Gasteiger partial charge in [-0.05, 0) is 18.2 Å². The Morgan fingerprint density at radius 2 is 2.24 bits per heavy atom. The molecule has 108 valence electrons. The Labute approximate surface area is 120 Å². The fourth-order valence-electron chi connectivity index (χ4n) is 2.21. The van der Waals surface area contributed by atoms with Crippen LogP contribution in [0, 0.1) is 11.3 Å². The van der Waals surface area contributed by atoms with Crippen LogP contribution in [0.25, 0.3) is 0 Å². The van der Waals surface area contributed by atoms with Crippen LogP contribution in [-0.4, -0.2) is 46.9 Å². The average molecular weight is 287 g/mol. The van der Waals surface area contributed by atoms with Gasteiger partial charge in [-0.1, -0.05) is 6.07 Å². The average Bonchev–Trinajstić information content (AvgIpc) is 2.48. The molecule has 1 aliphatic heterocycles. The highest BCUT2D eigenvalue weighted by Gasteiger charge is 2.35. The number of rotatable bonds is 3. The number of nitrogens with one attached hydrogen (secondary N) is 1. The molecule has 1 unspecified atom stereocenters. The monoisotopic (exact) mass is 287 g/mol. The summed E-state index contributed by atoms with van der Waals surface area (Å²) in [7, 11) is 0. The number of carbonyl (C=O) groups is 3. The molecule has 1 heterocycles. The Balaban J connectivity index is 2.28. The van der Waals surface area contributed by atoms with Crippen molar-refractivity contribution in [2.45, 2.75) is 12.5 Å². The summed E-state index contributed by atoms with van der Waals surface area (Å²) in [5.74, 6) is -2.08. The van der Waals surface area contributed by atoms with Gasteiger partial charge in [-0.25, -0.2) is 0 Å². The van der Waals surface area contributed by atoms with Crippen LogP contribution in [0.15, 0.2) is 24.3 Å². The first-order valence-corrected chi connectivity index (χ1v) is 6.33. The summed E-state index contributed by atoms with van der Waals surface area (Å²) in [4.78, 5) is 36.3. The van der Waals surface area contributed by atoms with E-state index in [1.54, 1.807) is 12.1 Å². The molecule has 7 heteroatoms. The molecular weight excluding hydrogens is 274 g/mol. The molecule has 7 nitrogen and oxygen atoms in total. The smallest absolute Gasteiger partial charge is 0.305 e. The Hall–Kier alpha value is -2.88. The second-order valence-electron chi connectivity index (χ2n) is 4.60. The molecule has 1 aromatic carbocycles. The highest BCUT2D eigenvalue weighted by atomic mass is 16.4. The van der Waals surface area contributed by atoms with E-state index >= 15 is 0 Å². The molecule has 0 spiro atoms. The Bertz CT molecular complexity index is 635. The predicted octanol–water partition coefficient (Wildman–Crippen LogP) is -0.0264. The minimum atomic E-state index is -1.15. The summed E-state index contributed by atoms with van der Waals surface area (Å²) < 4.78 is 0. The van der Waals surface area contributed by atoms with E-state index in [4.69, 9.17) is 10.4 Å². The van der Waals surface area contributed by atoms with E-state index in [1.165, 1.54) is 17.0 Å². The second kappa shape index (κ2) is 6.05. The van der Waals surface area contributed by atoms with E-state index in [9.17, 15) is 14.4 Å². The molecule has 2 N–H and O–H groups in total. The first kappa shape index (κ1) is 14.5. The number of hydrogen-bond donors (Lipinski definition) is 2. The van der Waals surface area contributed by atoms with Crippen molar-refractivity contribution in [1.29, 1.82) is 5.26 Å². The van der Waals surface area contributed by atoms with Crippen LogP contribution in [-0.2, 0) is 9.59 Å². The SMILES string of the molecule is N#Cc1cccc(C(=O)N2CCNC(=O)C2CC(=O)O)c1. The molecule has 0 bridgehead atoms. The number of amides is 2. The van der Waals surface area contributed by atoms with Crippen molar-refractivity contribution < 1.29 is 19.5 Å². The molecule has 2 rings (SSSR count). The molecule has 0 aliphatic carbocycles.